The smallest absolute Gasteiger partial charge is 0.254 e. The van der Waals surface area contributed by atoms with Crippen LogP contribution in [0.3, 0.4) is 0 Å². The van der Waals surface area contributed by atoms with Crippen molar-refractivity contribution in [3.63, 3.8) is 0 Å². The van der Waals surface area contributed by atoms with Crippen LogP contribution in [0.2, 0.25) is 0 Å². The molecule has 1 aromatic rings. The lowest BCUT2D eigenvalue weighted by atomic mass is 9.95. The van der Waals surface area contributed by atoms with Crippen LogP contribution >= 0.6 is 12.4 Å². The van der Waals surface area contributed by atoms with Gasteiger partial charge in [0.15, 0.2) is 0 Å². The molecule has 2 rings (SSSR count). The van der Waals surface area contributed by atoms with E-state index in [9.17, 15) is 13.6 Å². The molecule has 0 aromatic heterocycles. The highest BCUT2D eigenvalue weighted by Gasteiger charge is 2.41. The molecule has 1 saturated carbocycles. The molecule has 0 radical (unpaired) electrons. The van der Waals surface area contributed by atoms with Crippen molar-refractivity contribution in [1.29, 1.82) is 0 Å². The molecule has 6 heteroatoms. The van der Waals surface area contributed by atoms with Crippen molar-refractivity contribution < 1.29 is 13.6 Å². The summed E-state index contributed by atoms with van der Waals surface area (Å²) in [5, 5.41) is 2.78. The fourth-order valence-corrected chi connectivity index (χ4v) is 2.20. The zero-order valence-corrected chi connectivity index (χ0v) is 12.3. The van der Waals surface area contributed by atoms with E-state index in [1.165, 1.54) is 13.0 Å². The topological polar surface area (TPSA) is 55.1 Å². The quantitative estimate of drug-likeness (QED) is 0.898. The van der Waals surface area contributed by atoms with E-state index < -0.39 is 23.1 Å². The second-order valence-electron chi connectivity index (χ2n) is 5.43. The molecule has 1 atom stereocenters. The van der Waals surface area contributed by atoms with Gasteiger partial charge in [-0.3, -0.25) is 4.79 Å². The third-order valence-corrected chi connectivity index (χ3v) is 3.79. The highest BCUT2D eigenvalue weighted by Crippen LogP contribution is 2.39. The lowest BCUT2D eigenvalue weighted by Crippen LogP contribution is -2.53. The van der Waals surface area contributed by atoms with Crippen LogP contribution in [-0.2, 0) is 0 Å². The van der Waals surface area contributed by atoms with E-state index in [2.05, 4.69) is 5.32 Å². The number of nitrogens with two attached hydrogens (primary N) is 1. The Balaban J connectivity index is 0.00000200. The van der Waals surface area contributed by atoms with Gasteiger partial charge in [0.1, 0.15) is 11.6 Å². The molecule has 3 nitrogen and oxygen atoms in total. The summed E-state index contributed by atoms with van der Waals surface area (Å²) in [7, 11) is 0. The first-order chi connectivity index (χ1) is 8.87. The number of carbonyl (C=O) groups is 1. The maximum Gasteiger partial charge on any atom is 0.254 e. The van der Waals surface area contributed by atoms with Crippen molar-refractivity contribution in [3.8, 4) is 0 Å². The van der Waals surface area contributed by atoms with Crippen molar-refractivity contribution in [1.82, 2.24) is 5.32 Å². The van der Waals surface area contributed by atoms with Gasteiger partial charge < -0.3 is 11.1 Å². The van der Waals surface area contributed by atoms with E-state index >= 15 is 0 Å². The Morgan fingerprint density at radius 3 is 2.50 bits per heavy atom. The number of hydrogen-bond donors (Lipinski definition) is 2. The Morgan fingerprint density at radius 1 is 1.40 bits per heavy atom. The van der Waals surface area contributed by atoms with E-state index in [1.807, 2.05) is 6.92 Å². The molecule has 1 aliphatic carbocycles. The van der Waals surface area contributed by atoms with Crippen LogP contribution < -0.4 is 11.1 Å². The summed E-state index contributed by atoms with van der Waals surface area (Å²) in [5.41, 5.74) is 5.28. The maximum atomic E-state index is 13.6. The van der Waals surface area contributed by atoms with Gasteiger partial charge in [0.2, 0.25) is 0 Å². The number of halogens is 3. The first-order valence-electron chi connectivity index (χ1n) is 6.35. The minimum absolute atomic E-state index is 0. The Hall–Kier alpha value is -1.20. The molecule has 3 N–H and O–H groups in total. The first-order valence-corrected chi connectivity index (χ1v) is 6.35. The maximum absolute atomic E-state index is 13.6. The minimum atomic E-state index is -0.851. The molecular formula is C14H19ClF2N2O. The van der Waals surface area contributed by atoms with Crippen molar-refractivity contribution in [2.75, 3.05) is 6.54 Å². The highest BCUT2D eigenvalue weighted by atomic mass is 35.5. The van der Waals surface area contributed by atoms with Crippen LogP contribution in [0.25, 0.3) is 0 Å². The lowest BCUT2D eigenvalue weighted by molar-refractivity contribution is 0.0893. The van der Waals surface area contributed by atoms with Crippen LogP contribution in [-0.4, -0.2) is 18.0 Å². The average molecular weight is 305 g/mol. The number of amides is 1. The molecular weight excluding hydrogens is 286 g/mol. The van der Waals surface area contributed by atoms with Gasteiger partial charge in [-0.1, -0.05) is 0 Å². The van der Waals surface area contributed by atoms with Gasteiger partial charge in [0.05, 0.1) is 11.1 Å². The first kappa shape index (κ1) is 16.9. The Morgan fingerprint density at radius 2 is 2.00 bits per heavy atom. The van der Waals surface area contributed by atoms with Crippen molar-refractivity contribution in [2.24, 2.45) is 11.7 Å². The summed E-state index contributed by atoms with van der Waals surface area (Å²) < 4.78 is 26.8. The van der Waals surface area contributed by atoms with E-state index in [-0.39, 0.29) is 23.5 Å². The molecule has 1 unspecified atom stereocenters. The predicted molar refractivity (Wildman–Crippen MR) is 76.0 cm³/mol. The SMILES string of the molecule is Cc1cc(C(=O)NC(C)(CN)C2CC2)c(F)cc1F.Cl. The van der Waals surface area contributed by atoms with Gasteiger partial charge in [-0.05, 0) is 44.2 Å². The van der Waals surface area contributed by atoms with Crippen molar-refractivity contribution in [2.45, 2.75) is 32.2 Å². The highest BCUT2D eigenvalue weighted by molar-refractivity contribution is 5.95. The van der Waals surface area contributed by atoms with E-state index in [0.717, 1.165) is 18.9 Å². The number of nitrogens with one attached hydrogen (secondary N) is 1. The Labute approximate surface area is 123 Å². The number of aryl methyl sites for hydroxylation is 1. The third-order valence-electron chi connectivity index (χ3n) is 3.79. The number of rotatable bonds is 4. The third kappa shape index (κ3) is 3.27. The molecule has 0 heterocycles. The van der Waals surface area contributed by atoms with Crippen LogP contribution in [0.15, 0.2) is 12.1 Å². The molecule has 1 aromatic carbocycles. The number of benzene rings is 1. The van der Waals surface area contributed by atoms with Gasteiger partial charge in [-0.15, -0.1) is 12.4 Å². The molecule has 1 amide bonds. The van der Waals surface area contributed by atoms with Gasteiger partial charge >= 0.3 is 0 Å². The van der Waals surface area contributed by atoms with Crippen molar-refractivity contribution >= 4 is 18.3 Å². The molecule has 112 valence electrons. The summed E-state index contributed by atoms with van der Waals surface area (Å²) >= 11 is 0. The zero-order chi connectivity index (χ0) is 14.2. The molecule has 1 fully saturated rings. The van der Waals surface area contributed by atoms with Crippen LogP contribution in [0.1, 0.15) is 35.7 Å². The summed E-state index contributed by atoms with van der Waals surface area (Å²) in [6.45, 7) is 3.65. The fraction of sp³-hybridized carbons (Fsp3) is 0.500. The van der Waals surface area contributed by atoms with Crippen LogP contribution in [0.4, 0.5) is 8.78 Å². The molecule has 1 aliphatic rings. The minimum Gasteiger partial charge on any atom is -0.345 e. The molecule has 0 spiro atoms. The second-order valence-corrected chi connectivity index (χ2v) is 5.43. The van der Waals surface area contributed by atoms with E-state index in [0.29, 0.717) is 12.5 Å². The normalized spacial score (nSPS) is 17.1. The van der Waals surface area contributed by atoms with Crippen molar-refractivity contribution in [3.05, 3.63) is 34.9 Å². The Bertz CT molecular complexity index is 520. The van der Waals surface area contributed by atoms with Gasteiger partial charge in [-0.2, -0.15) is 0 Å². The van der Waals surface area contributed by atoms with E-state index in [4.69, 9.17) is 5.73 Å². The standard InChI is InChI=1S/C14H18F2N2O.ClH/c1-8-5-10(12(16)6-11(8)15)13(19)18-14(2,7-17)9-3-4-9;/h5-6,9H,3-4,7,17H2,1-2H3,(H,18,19);1H. The fourth-order valence-electron chi connectivity index (χ4n) is 2.20. The molecule has 0 aliphatic heterocycles. The number of hydrogen-bond acceptors (Lipinski definition) is 2. The summed E-state index contributed by atoms with van der Waals surface area (Å²) in [5.74, 6) is -1.71. The monoisotopic (exact) mass is 304 g/mol. The number of carbonyl (C=O) groups excluding carboxylic acids is 1. The summed E-state index contributed by atoms with van der Waals surface area (Å²) in [6, 6.07) is 1.96. The van der Waals surface area contributed by atoms with Crippen LogP contribution in [0, 0.1) is 24.5 Å². The lowest BCUT2D eigenvalue weighted by Gasteiger charge is -2.29. The molecule has 0 bridgehead atoms. The van der Waals surface area contributed by atoms with Gasteiger partial charge in [0.25, 0.3) is 5.91 Å². The zero-order valence-electron chi connectivity index (χ0n) is 11.5. The largest absolute Gasteiger partial charge is 0.345 e. The van der Waals surface area contributed by atoms with Gasteiger partial charge in [-0.25, -0.2) is 8.78 Å². The predicted octanol–water partition coefficient (Wildman–Crippen LogP) is 2.55. The van der Waals surface area contributed by atoms with Crippen LogP contribution in [0.5, 0.6) is 0 Å². The molecule has 0 saturated heterocycles. The summed E-state index contributed by atoms with van der Waals surface area (Å²) in [4.78, 5) is 12.1. The van der Waals surface area contributed by atoms with Gasteiger partial charge in [0, 0.05) is 12.6 Å². The average Bonchev–Trinajstić information content (AvgIpc) is 3.17. The van der Waals surface area contributed by atoms with E-state index in [1.54, 1.807) is 0 Å². The summed E-state index contributed by atoms with van der Waals surface area (Å²) in [6.07, 6.45) is 2.03. The molecule has 20 heavy (non-hydrogen) atoms. The second kappa shape index (κ2) is 6.06. The Kier molecular flexibility index (Phi) is 5.10.